The third-order valence-corrected chi connectivity index (χ3v) is 0. The van der Waals surface area contributed by atoms with Gasteiger partial charge in [0.15, 0.2) is 0 Å². The predicted octanol–water partition coefficient (Wildman–Crippen LogP) is 0.649. The molecule has 0 aliphatic rings. The van der Waals surface area contributed by atoms with Gasteiger partial charge in [0.05, 0.1) is 0 Å². The van der Waals surface area contributed by atoms with Crippen LogP contribution in [0.15, 0.2) is 0 Å². The molecule has 0 heterocycles. The Bertz CT molecular complexity index is 12.3. The Hall–Kier alpha value is 1.06. The molecule has 0 bridgehead atoms. The van der Waals surface area contributed by atoms with Crippen LogP contribution in [0.3, 0.4) is 0 Å². The molecule has 1 unspecified atom stereocenters. The summed E-state index contributed by atoms with van der Waals surface area (Å²) < 4.78 is 0. The van der Waals surface area contributed by atoms with Crippen LogP contribution in [-0.4, -0.2) is 11.2 Å². The van der Waals surface area contributed by atoms with Crippen LogP contribution in [-0.2, 0) is 32.7 Å². The summed E-state index contributed by atoms with van der Waals surface area (Å²) in [4.78, 5) is 0. The first-order valence-electron chi connectivity index (χ1n) is 1.24. The van der Waals surface area contributed by atoms with Crippen molar-refractivity contribution in [2.45, 2.75) is 13.0 Å². The van der Waals surface area contributed by atoms with E-state index >= 15 is 0 Å². The second kappa shape index (κ2) is 9.42. The SMILES string of the molecule is [CH2-]C(C)O.[CH3-].[Y]. The number of hydrogen-bond acceptors (Lipinski definition) is 1. The molecule has 1 nitrogen and oxygen atoms in total. The van der Waals surface area contributed by atoms with Crippen LogP contribution in [0, 0.1) is 14.4 Å². The third-order valence-electron chi connectivity index (χ3n) is 0. The summed E-state index contributed by atoms with van der Waals surface area (Å²) in [6.07, 6.45) is -0.417. The number of hydrogen-bond donors (Lipinski definition) is 1. The van der Waals surface area contributed by atoms with Gasteiger partial charge in [-0.2, -0.15) is 0 Å². The van der Waals surface area contributed by atoms with E-state index in [2.05, 4.69) is 6.92 Å². The van der Waals surface area contributed by atoms with Crippen LogP contribution in [0.2, 0.25) is 0 Å². The van der Waals surface area contributed by atoms with Crippen molar-refractivity contribution < 1.29 is 37.8 Å². The molecule has 0 rings (SSSR count). The van der Waals surface area contributed by atoms with E-state index in [-0.39, 0.29) is 40.1 Å². The molecule has 0 aliphatic carbocycles. The Kier molecular flexibility index (Phi) is 24.7. The number of aliphatic hydroxyl groups is 1. The van der Waals surface area contributed by atoms with Gasteiger partial charge in [0, 0.05) is 32.7 Å². The summed E-state index contributed by atoms with van der Waals surface area (Å²) in [5, 5.41) is 7.94. The van der Waals surface area contributed by atoms with Crippen molar-refractivity contribution in [3.8, 4) is 0 Å². The van der Waals surface area contributed by atoms with Gasteiger partial charge in [-0.05, 0) is 0 Å². The predicted molar refractivity (Wildman–Crippen MR) is 23.5 cm³/mol. The standard InChI is InChI=1S/C3H7O.CH3.Y/c1-3(2)4;;/h3-4H,1H2,2H3;1H3;/q2*-1;. The average Bonchev–Trinajstić information content (AvgIpc) is 0.811. The fourth-order valence-corrected chi connectivity index (χ4v) is 0. The van der Waals surface area contributed by atoms with E-state index in [1.54, 1.807) is 6.92 Å². The molecule has 0 amide bonds. The van der Waals surface area contributed by atoms with E-state index in [4.69, 9.17) is 5.11 Å². The Morgan fingerprint density at radius 3 is 1.67 bits per heavy atom. The molecule has 37 valence electrons. The van der Waals surface area contributed by atoms with E-state index in [0.717, 1.165) is 0 Å². The van der Waals surface area contributed by atoms with E-state index in [0.29, 0.717) is 0 Å². The van der Waals surface area contributed by atoms with Crippen molar-refractivity contribution in [2.75, 3.05) is 0 Å². The van der Waals surface area contributed by atoms with Gasteiger partial charge in [-0.1, -0.05) is 13.0 Å². The summed E-state index contributed by atoms with van der Waals surface area (Å²) in [5.41, 5.74) is 0. The normalized spacial score (nSPS) is 10.5. The van der Waals surface area contributed by atoms with Gasteiger partial charge < -0.3 is 19.5 Å². The van der Waals surface area contributed by atoms with E-state index in [1.807, 2.05) is 0 Å². The second-order valence-corrected chi connectivity index (χ2v) is 0.849. The molecule has 0 aromatic rings. The van der Waals surface area contributed by atoms with Crippen LogP contribution < -0.4 is 0 Å². The van der Waals surface area contributed by atoms with Crippen molar-refractivity contribution in [1.29, 1.82) is 0 Å². The minimum atomic E-state index is -0.417. The zero-order valence-corrected chi connectivity index (χ0v) is 7.15. The summed E-state index contributed by atoms with van der Waals surface area (Å²) in [7, 11) is 0. The summed E-state index contributed by atoms with van der Waals surface area (Å²) in [6.45, 7) is 4.81. The zero-order chi connectivity index (χ0) is 3.58. The number of aliphatic hydroxyl groups excluding tert-OH is 1. The third kappa shape index (κ3) is 73.9. The molecule has 0 fully saturated rings. The molecule has 0 saturated heterocycles. The fraction of sp³-hybridized carbons (Fsp3) is 0.500. The quantitative estimate of drug-likeness (QED) is 0.520. The first-order chi connectivity index (χ1) is 1.73. The van der Waals surface area contributed by atoms with Crippen LogP contribution in [0.5, 0.6) is 0 Å². The van der Waals surface area contributed by atoms with Crippen molar-refractivity contribution in [2.24, 2.45) is 0 Å². The fourth-order valence-electron chi connectivity index (χ4n) is 0. The van der Waals surface area contributed by atoms with Crippen LogP contribution in [0.4, 0.5) is 0 Å². The Labute approximate surface area is 65.0 Å². The monoisotopic (exact) mass is 163 g/mol. The van der Waals surface area contributed by atoms with Gasteiger partial charge in [-0.3, -0.25) is 0 Å². The van der Waals surface area contributed by atoms with Crippen molar-refractivity contribution in [1.82, 2.24) is 0 Å². The van der Waals surface area contributed by atoms with Gasteiger partial charge in [0.2, 0.25) is 0 Å². The van der Waals surface area contributed by atoms with E-state index in [9.17, 15) is 0 Å². The number of rotatable bonds is 0. The minimum absolute atomic E-state index is 0. The molecule has 6 heavy (non-hydrogen) atoms. The maximum Gasteiger partial charge on any atom is 0 e. The van der Waals surface area contributed by atoms with Gasteiger partial charge in [0.25, 0.3) is 0 Å². The maximum atomic E-state index is 7.94. The van der Waals surface area contributed by atoms with Gasteiger partial charge in [-0.15, -0.1) is 0 Å². The zero-order valence-electron chi connectivity index (χ0n) is 4.31. The average molecular weight is 163 g/mol. The molecule has 1 atom stereocenters. The molecule has 1 N–H and O–H groups in total. The van der Waals surface area contributed by atoms with Crippen LogP contribution >= 0.6 is 0 Å². The Morgan fingerprint density at radius 1 is 1.67 bits per heavy atom. The van der Waals surface area contributed by atoms with Crippen molar-refractivity contribution in [3.05, 3.63) is 14.4 Å². The van der Waals surface area contributed by atoms with Crippen LogP contribution in [0.1, 0.15) is 6.92 Å². The molecule has 0 aromatic carbocycles. The second-order valence-electron chi connectivity index (χ2n) is 0.849. The smallest absolute Gasteiger partial charge is 0 e. The molecule has 0 aliphatic heterocycles. The van der Waals surface area contributed by atoms with Gasteiger partial charge >= 0.3 is 0 Å². The van der Waals surface area contributed by atoms with Gasteiger partial charge in [-0.25, -0.2) is 0 Å². The molecular weight excluding hydrogens is 153 g/mol. The first kappa shape index (κ1) is 15.7. The molecule has 1 radical (unpaired) electrons. The summed E-state index contributed by atoms with van der Waals surface area (Å²) in [5.74, 6) is 0. The first-order valence-corrected chi connectivity index (χ1v) is 1.24. The summed E-state index contributed by atoms with van der Waals surface area (Å²) >= 11 is 0. The molecule has 2 heteroatoms. The maximum absolute atomic E-state index is 7.94. The van der Waals surface area contributed by atoms with Crippen molar-refractivity contribution in [3.63, 3.8) is 0 Å². The van der Waals surface area contributed by atoms with Crippen LogP contribution in [0.25, 0.3) is 0 Å². The van der Waals surface area contributed by atoms with E-state index < -0.39 is 6.10 Å². The molecule has 0 spiro atoms. The van der Waals surface area contributed by atoms with Crippen molar-refractivity contribution >= 4 is 0 Å². The van der Waals surface area contributed by atoms with E-state index in [1.165, 1.54) is 0 Å². The largest absolute Gasteiger partial charge is 0.426 e. The minimum Gasteiger partial charge on any atom is -0.426 e. The topological polar surface area (TPSA) is 20.2 Å². The Balaban J connectivity index is -0.0000000450. The molecule has 0 saturated carbocycles. The summed E-state index contributed by atoms with van der Waals surface area (Å²) in [6, 6.07) is 0. The Morgan fingerprint density at radius 2 is 1.67 bits per heavy atom. The molecule has 0 aromatic heterocycles. The molecular formula is C4H10OY-2. The van der Waals surface area contributed by atoms with Gasteiger partial charge in [0.1, 0.15) is 0 Å².